The molecule has 0 atom stereocenters. The van der Waals surface area contributed by atoms with Crippen LogP contribution in [0, 0.1) is 0 Å². The SMILES string of the molecule is CN(C(=O)c1ccc(C(C)(C)C)cc1)C(C)(C)C. The van der Waals surface area contributed by atoms with Crippen molar-refractivity contribution < 1.29 is 4.79 Å². The van der Waals surface area contributed by atoms with Gasteiger partial charge in [0.1, 0.15) is 0 Å². The van der Waals surface area contributed by atoms with Crippen LogP contribution in [0.5, 0.6) is 0 Å². The summed E-state index contributed by atoms with van der Waals surface area (Å²) in [6, 6.07) is 7.93. The first-order valence-electron chi connectivity index (χ1n) is 6.42. The molecule has 2 heteroatoms. The highest BCUT2D eigenvalue weighted by Gasteiger charge is 2.23. The highest BCUT2D eigenvalue weighted by atomic mass is 16.2. The third-order valence-corrected chi connectivity index (χ3v) is 3.31. The van der Waals surface area contributed by atoms with E-state index in [0.29, 0.717) is 0 Å². The molecule has 0 spiro atoms. The van der Waals surface area contributed by atoms with E-state index < -0.39 is 0 Å². The molecule has 100 valence electrons. The maximum absolute atomic E-state index is 12.3. The van der Waals surface area contributed by atoms with Gasteiger partial charge in [0, 0.05) is 18.2 Å². The Morgan fingerprint density at radius 3 is 1.72 bits per heavy atom. The molecule has 1 aromatic rings. The summed E-state index contributed by atoms with van der Waals surface area (Å²) in [6.07, 6.45) is 0. The molecule has 0 aliphatic carbocycles. The molecule has 18 heavy (non-hydrogen) atoms. The molecule has 0 fully saturated rings. The van der Waals surface area contributed by atoms with Gasteiger partial charge in [-0.1, -0.05) is 32.9 Å². The van der Waals surface area contributed by atoms with Crippen molar-refractivity contribution in [2.45, 2.75) is 52.5 Å². The highest BCUT2D eigenvalue weighted by molar-refractivity contribution is 5.94. The normalized spacial score (nSPS) is 12.4. The van der Waals surface area contributed by atoms with Gasteiger partial charge in [0.05, 0.1) is 0 Å². The lowest BCUT2D eigenvalue weighted by Crippen LogP contribution is -2.42. The molecule has 2 nitrogen and oxygen atoms in total. The van der Waals surface area contributed by atoms with Crippen molar-refractivity contribution in [3.05, 3.63) is 35.4 Å². The van der Waals surface area contributed by atoms with E-state index in [1.165, 1.54) is 5.56 Å². The second-order valence-corrected chi connectivity index (χ2v) is 6.86. The highest BCUT2D eigenvalue weighted by Crippen LogP contribution is 2.23. The Morgan fingerprint density at radius 1 is 0.944 bits per heavy atom. The zero-order valence-corrected chi connectivity index (χ0v) is 12.7. The quantitative estimate of drug-likeness (QED) is 0.738. The van der Waals surface area contributed by atoms with E-state index in [1.807, 2.05) is 52.1 Å². The maximum atomic E-state index is 12.3. The van der Waals surface area contributed by atoms with E-state index in [2.05, 4.69) is 20.8 Å². The second-order valence-electron chi connectivity index (χ2n) is 6.86. The maximum Gasteiger partial charge on any atom is 0.254 e. The number of hydrogen-bond acceptors (Lipinski definition) is 1. The van der Waals surface area contributed by atoms with Crippen molar-refractivity contribution in [1.29, 1.82) is 0 Å². The van der Waals surface area contributed by atoms with Gasteiger partial charge in [0.2, 0.25) is 0 Å². The summed E-state index contributed by atoms with van der Waals surface area (Å²) < 4.78 is 0. The van der Waals surface area contributed by atoms with Crippen LogP contribution in [0.3, 0.4) is 0 Å². The Labute approximate surface area is 111 Å². The Kier molecular flexibility index (Phi) is 3.89. The summed E-state index contributed by atoms with van der Waals surface area (Å²) >= 11 is 0. The van der Waals surface area contributed by atoms with Crippen molar-refractivity contribution in [2.75, 3.05) is 7.05 Å². The molecule has 1 aromatic carbocycles. The first-order chi connectivity index (χ1) is 8.03. The van der Waals surface area contributed by atoms with Crippen molar-refractivity contribution >= 4 is 5.91 Å². The van der Waals surface area contributed by atoms with Crippen LogP contribution in [0.2, 0.25) is 0 Å². The summed E-state index contributed by atoms with van der Waals surface area (Å²) in [5, 5.41) is 0. The van der Waals surface area contributed by atoms with Gasteiger partial charge in [-0.3, -0.25) is 4.79 Å². The number of benzene rings is 1. The van der Waals surface area contributed by atoms with Crippen LogP contribution in [0.4, 0.5) is 0 Å². The molecule has 0 heterocycles. The van der Waals surface area contributed by atoms with E-state index >= 15 is 0 Å². The zero-order chi connectivity index (χ0) is 14.1. The van der Waals surface area contributed by atoms with Crippen molar-refractivity contribution in [2.24, 2.45) is 0 Å². The van der Waals surface area contributed by atoms with Gasteiger partial charge in [-0.15, -0.1) is 0 Å². The minimum absolute atomic E-state index is 0.0722. The number of carbonyl (C=O) groups is 1. The Hall–Kier alpha value is -1.31. The van der Waals surface area contributed by atoms with E-state index in [1.54, 1.807) is 4.90 Å². The van der Waals surface area contributed by atoms with Gasteiger partial charge < -0.3 is 4.90 Å². The number of hydrogen-bond donors (Lipinski definition) is 0. The summed E-state index contributed by atoms with van der Waals surface area (Å²) in [4.78, 5) is 14.1. The summed E-state index contributed by atoms with van der Waals surface area (Å²) in [5.74, 6) is 0.0722. The monoisotopic (exact) mass is 247 g/mol. The molecule has 1 amide bonds. The van der Waals surface area contributed by atoms with Gasteiger partial charge in [0.15, 0.2) is 0 Å². The molecule has 0 saturated carbocycles. The topological polar surface area (TPSA) is 20.3 Å². The number of nitrogens with zero attached hydrogens (tertiary/aromatic N) is 1. The smallest absolute Gasteiger partial charge is 0.254 e. The van der Waals surface area contributed by atoms with Crippen LogP contribution in [0.1, 0.15) is 57.5 Å². The molecule has 0 N–H and O–H groups in total. The first kappa shape index (κ1) is 14.7. The largest absolute Gasteiger partial charge is 0.337 e. The minimum Gasteiger partial charge on any atom is -0.337 e. The third kappa shape index (κ3) is 3.34. The van der Waals surface area contributed by atoms with E-state index in [0.717, 1.165) is 5.56 Å². The summed E-state index contributed by atoms with van der Waals surface area (Å²) in [5.41, 5.74) is 1.97. The molecule has 0 aliphatic heterocycles. The van der Waals surface area contributed by atoms with Crippen molar-refractivity contribution in [3.63, 3.8) is 0 Å². The lowest BCUT2D eigenvalue weighted by Gasteiger charge is -2.32. The summed E-state index contributed by atoms with van der Waals surface area (Å²) in [7, 11) is 1.85. The predicted molar refractivity (Wildman–Crippen MR) is 77.0 cm³/mol. The standard InChI is InChI=1S/C16H25NO/c1-15(2,3)13-10-8-12(9-11-13)14(18)17(7)16(4,5)6/h8-11H,1-7H3. The number of rotatable bonds is 1. The van der Waals surface area contributed by atoms with Crippen LogP contribution >= 0.6 is 0 Å². The first-order valence-corrected chi connectivity index (χ1v) is 6.42. The minimum atomic E-state index is -0.153. The van der Waals surface area contributed by atoms with Crippen molar-refractivity contribution in [1.82, 2.24) is 4.90 Å². The number of amides is 1. The summed E-state index contributed by atoms with van der Waals surface area (Å²) in [6.45, 7) is 12.6. The van der Waals surface area contributed by atoms with Gasteiger partial charge in [-0.05, 0) is 43.9 Å². The average Bonchev–Trinajstić information content (AvgIpc) is 2.25. The second kappa shape index (κ2) is 4.75. The number of carbonyl (C=O) groups excluding carboxylic acids is 1. The zero-order valence-electron chi connectivity index (χ0n) is 12.7. The molecule has 0 bridgehead atoms. The van der Waals surface area contributed by atoms with Gasteiger partial charge in [-0.2, -0.15) is 0 Å². The fourth-order valence-electron chi connectivity index (χ4n) is 1.61. The fourth-order valence-corrected chi connectivity index (χ4v) is 1.61. The molecule has 0 saturated heterocycles. The average molecular weight is 247 g/mol. The molecular weight excluding hydrogens is 222 g/mol. The Bertz CT molecular complexity index is 418. The van der Waals surface area contributed by atoms with Gasteiger partial charge in [0.25, 0.3) is 5.91 Å². The molecule has 0 unspecified atom stereocenters. The van der Waals surface area contributed by atoms with Crippen LogP contribution in [-0.2, 0) is 5.41 Å². The van der Waals surface area contributed by atoms with Crippen LogP contribution < -0.4 is 0 Å². The Morgan fingerprint density at radius 2 is 1.39 bits per heavy atom. The van der Waals surface area contributed by atoms with E-state index in [4.69, 9.17) is 0 Å². The van der Waals surface area contributed by atoms with Gasteiger partial charge in [-0.25, -0.2) is 0 Å². The van der Waals surface area contributed by atoms with Crippen LogP contribution in [-0.4, -0.2) is 23.4 Å². The van der Waals surface area contributed by atoms with Crippen molar-refractivity contribution in [3.8, 4) is 0 Å². The van der Waals surface area contributed by atoms with Gasteiger partial charge >= 0.3 is 0 Å². The fraction of sp³-hybridized carbons (Fsp3) is 0.562. The lowest BCUT2D eigenvalue weighted by atomic mass is 9.86. The molecule has 0 radical (unpaired) electrons. The van der Waals surface area contributed by atoms with E-state index in [-0.39, 0.29) is 16.9 Å². The third-order valence-electron chi connectivity index (χ3n) is 3.31. The molecule has 1 rings (SSSR count). The van der Waals surface area contributed by atoms with E-state index in [9.17, 15) is 4.79 Å². The predicted octanol–water partition coefficient (Wildman–Crippen LogP) is 3.85. The van der Waals surface area contributed by atoms with Crippen LogP contribution in [0.15, 0.2) is 24.3 Å². The van der Waals surface area contributed by atoms with Crippen LogP contribution in [0.25, 0.3) is 0 Å². The molecule has 0 aromatic heterocycles. The Balaban J connectivity index is 2.96. The lowest BCUT2D eigenvalue weighted by molar-refractivity contribution is 0.0655. The molecular formula is C16H25NO. The molecule has 0 aliphatic rings.